The summed E-state index contributed by atoms with van der Waals surface area (Å²) in [5.74, 6) is 0.275. The number of anilines is 1. The number of rotatable bonds is 9. The minimum atomic E-state index is -0.360. The molecule has 0 radical (unpaired) electrons. The first-order valence-electron chi connectivity index (χ1n) is 12.5. The molecule has 2 atom stereocenters. The highest BCUT2D eigenvalue weighted by atomic mass is 32.1. The van der Waals surface area contributed by atoms with Crippen LogP contribution >= 0.6 is 22.7 Å². The number of aryl methyl sites for hydroxylation is 1. The number of aromatic nitrogens is 1. The second-order valence-electron chi connectivity index (χ2n) is 9.20. The summed E-state index contributed by atoms with van der Waals surface area (Å²) in [6.45, 7) is 5.00. The summed E-state index contributed by atoms with van der Waals surface area (Å²) in [5, 5.41) is 5.45. The van der Waals surface area contributed by atoms with E-state index in [1.165, 1.54) is 11.3 Å². The van der Waals surface area contributed by atoms with Crippen LogP contribution in [0, 0.1) is 0 Å². The minimum Gasteiger partial charge on any atom is -0.494 e. The summed E-state index contributed by atoms with van der Waals surface area (Å²) in [7, 11) is 0. The van der Waals surface area contributed by atoms with Crippen LogP contribution in [-0.4, -0.2) is 47.6 Å². The Hall–Kier alpha value is -2.75. The first-order chi connectivity index (χ1) is 17.6. The van der Waals surface area contributed by atoms with Gasteiger partial charge in [0.05, 0.1) is 18.7 Å². The Morgan fingerprint density at radius 2 is 2.08 bits per heavy atom. The third-order valence-corrected chi connectivity index (χ3v) is 8.50. The maximum absolute atomic E-state index is 13.2. The van der Waals surface area contributed by atoms with Crippen LogP contribution in [0.2, 0.25) is 0 Å². The van der Waals surface area contributed by atoms with Gasteiger partial charge in [-0.3, -0.25) is 14.5 Å². The van der Waals surface area contributed by atoms with Crippen LogP contribution in [0.5, 0.6) is 5.75 Å². The Bertz CT molecular complexity index is 1190. The standard InChI is InChI=1S/C27H31N3O4S2/c1-2-33-22-10-4-3-7-18(22)16-30-13-12-19(17-30)34-26(32)21-9-5-11-23-25(21)29-27(36-23)28-24(31)15-20-8-6-14-35-20/h3-4,6-8,10,14,19,21H,2,5,9,11-13,15-17H2,1H3,(H,28,29,31). The molecule has 9 heteroatoms. The molecule has 2 unspecified atom stereocenters. The van der Waals surface area contributed by atoms with E-state index in [-0.39, 0.29) is 23.9 Å². The number of ether oxygens (including phenoxy) is 2. The van der Waals surface area contributed by atoms with Crippen LogP contribution < -0.4 is 10.1 Å². The molecule has 1 amide bonds. The van der Waals surface area contributed by atoms with Crippen LogP contribution in [-0.2, 0) is 33.7 Å². The highest BCUT2D eigenvalue weighted by Crippen LogP contribution is 2.38. The molecule has 36 heavy (non-hydrogen) atoms. The maximum atomic E-state index is 13.2. The number of benzene rings is 1. The number of thiophene rings is 1. The van der Waals surface area contributed by atoms with Gasteiger partial charge in [0, 0.05) is 35.0 Å². The number of thiazole rings is 1. The van der Waals surface area contributed by atoms with Crippen LogP contribution in [0.1, 0.15) is 53.1 Å². The topological polar surface area (TPSA) is 80.8 Å². The molecular weight excluding hydrogens is 494 g/mol. The predicted molar refractivity (Wildman–Crippen MR) is 142 cm³/mol. The molecule has 190 valence electrons. The molecule has 1 saturated heterocycles. The van der Waals surface area contributed by atoms with Crippen LogP contribution in [0.3, 0.4) is 0 Å². The van der Waals surface area contributed by atoms with Crippen molar-refractivity contribution in [1.29, 1.82) is 0 Å². The van der Waals surface area contributed by atoms with E-state index in [2.05, 4.69) is 21.3 Å². The van der Waals surface area contributed by atoms with E-state index >= 15 is 0 Å². The number of hydrogen-bond donors (Lipinski definition) is 1. The van der Waals surface area contributed by atoms with Crippen LogP contribution in [0.4, 0.5) is 5.13 Å². The molecule has 0 saturated carbocycles. The smallest absolute Gasteiger partial charge is 0.315 e. The van der Waals surface area contributed by atoms with Gasteiger partial charge in [0.25, 0.3) is 0 Å². The highest BCUT2D eigenvalue weighted by Gasteiger charge is 2.34. The number of carbonyl (C=O) groups is 2. The first kappa shape index (κ1) is 24.9. The second-order valence-corrected chi connectivity index (χ2v) is 11.3. The summed E-state index contributed by atoms with van der Waals surface area (Å²) in [5.41, 5.74) is 1.93. The second kappa shape index (κ2) is 11.5. The zero-order chi connectivity index (χ0) is 24.9. The summed E-state index contributed by atoms with van der Waals surface area (Å²) in [6, 6.07) is 12.0. The number of nitrogens with zero attached hydrogens (tertiary/aromatic N) is 2. The largest absolute Gasteiger partial charge is 0.494 e. The molecule has 1 N–H and O–H groups in total. The van der Waals surface area contributed by atoms with Crippen molar-refractivity contribution in [2.45, 2.75) is 57.6 Å². The Balaban J connectivity index is 1.17. The molecule has 3 aromatic rings. The average molecular weight is 526 g/mol. The highest BCUT2D eigenvalue weighted by molar-refractivity contribution is 7.16. The molecule has 3 heterocycles. The fraction of sp³-hybridized carbons (Fsp3) is 0.444. The van der Waals surface area contributed by atoms with E-state index in [4.69, 9.17) is 9.47 Å². The van der Waals surface area contributed by atoms with Crippen molar-refractivity contribution in [1.82, 2.24) is 9.88 Å². The lowest BCUT2D eigenvalue weighted by molar-refractivity contribution is -0.150. The number of likely N-dealkylation sites (tertiary alicyclic amines) is 1. The van der Waals surface area contributed by atoms with Crippen molar-refractivity contribution in [3.8, 4) is 5.75 Å². The lowest BCUT2D eigenvalue weighted by Crippen LogP contribution is -2.28. The van der Waals surface area contributed by atoms with Crippen LogP contribution in [0.15, 0.2) is 41.8 Å². The summed E-state index contributed by atoms with van der Waals surface area (Å²) in [6.07, 6.45) is 3.57. The fourth-order valence-electron chi connectivity index (χ4n) is 4.89. The lowest BCUT2D eigenvalue weighted by atomic mass is 9.91. The van der Waals surface area contributed by atoms with Gasteiger partial charge < -0.3 is 14.8 Å². The van der Waals surface area contributed by atoms with Gasteiger partial charge in [-0.25, -0.2) is 4.98 Å². The molecule has 1 fully saturated rings. The Labute approximate surface area is 219 Å². The number of hydrogen-bond acceptors (Lipinski definition) is 8. The van der Waals surface area contributed by atoms with E-state index in [1.807, 2.05) is 42.6 Å². The van der Waals surface area contributed by atoms with E-state index in [0.717, 1.165) is 65.5 Å². The molecule has 0 spiro atoms. The van der Waals surface area contributed by atoms with E-state index in [0.29, 0.717) is 24.7 Å². The summed E-state index contributed by atoms with van der Waals surface area (Å²) >= 11 is 3.04. The van der Waals surface area contributed by atoms with Gasteiger partial charge in [0.15, 0.2) is 5.13 Å². The number of fused-ring (bicyclic) bond motifs is 1. The monoisotopic (exact) mass is 525 g/mol. The quantitative estimate of drug-likeness (QED) is 0.395. The fourth-order valence-corrected chi connectivity index (χ4v) is 6.68. The number of para-hydroxylation sites is 1. The van der Waals surface area contributed by atoms with Gasteiger partial charge in [0.2, 0.25) is 5.91 Å². The summed E-state index contributed by atoms with van der Waals surface area (Å²) in [4.78, 5) is 34.7. The molecule has 5 rings (SSSR count). The van der Waals surface area contributed by atoms with E-state index in [1.54, 1.807) is 11.3 Å². The van der Waals surface area contributed by atoms with Crippen molar-refractivity contribution >= 4 is 39.7 Å². The van der Waals surface area contributed by atoms with E-state index in [9.17, 15) is 9.59 Å². The Morgan fingerprint density at radius 3 is 2.92 bits per heavy atom. The average Bonchev–Trinajstić information content (AvgIpc) is 3.61. The Kier molecular flexibility index (Phi) is 7.99. The van der Waals surface area contributed by atoms with Gasteiger partial charge in [-0.1, -0.05) is 24.3 Å². The normalized spacial score (nSPS) is 19.6. The number of esters is 1. The lowest BCUT2D eigenvalue weighted by Gasteiger charge is -2.22. The molecule has 0 bridgehead atoms. The third kappa shape index (κ3) is 5.96. The van der Waals surface area contributed by atoms with Gasteiger partial charge >= 0.3 is 5.97 Å². The SMILES string of the molecule is CCOc1ccccc1CN1CCC(OC(=O)C2CCCc3sc(NC(=O)Cc4cccs4)nc32)C1. The molecule has 2 aromatic heterocycles. The number of carbonyl (C=O) groups excluding carboxylic acids is 2. The van der Waals surface area contributed by atoms with Crippen molar-refractivity contribution in [2.75, 3.05) is 25.0 Å². The summed E-state index contributed by atoms with van der Waals surface area (Å²) < 4.78 is 11.7. The first-order valence-corrected chi connectivity index (χ1v) is 14.2. The number of nitrogens with one attached hydrogen (secondary N) is 1. The van der Waals surface area contributed by atoms with E-state index < -0.39 is 0 Å². The van der Waals surface area contributed by atoms with Gasteiger partial charge in [-0.15, -0.1) is 22.7 Å². The van der Waals surface area contributed by atoms with Crippen molar-refractivity contribution < 1.29 is 19.1 Å². The molecule has 1 aromatic carbocycles. The molecule has 7 nitrogen and oxygen atoms in total. The molecule has 1 aliphatic carbocycles. The predicted octanol–water partition coefficient (Wildman–Crippen LogP) is 5.02. The zero-order valence-corrected chi connectivity index (χ0v) is 22.0. The maximum Gasteiger partial charge on any atom is 0.315 e. The molecular formula is C27H31N3O4S2. The van der Waals surface area contributed by atoms with Crippen molar-refractivity contribution in [2.24, 2.45) is 0 Å². The third-order valence-electron chi connectivity index (χ3n) is 6.58. The minimum absolute atomic E-state index is 0.0837. The molecule has 2 aliphatic rings. The number of amides is 1. The molecule has 1 aliphatic heterocycles. The van der Waals surface area contributed by atoms with Gasteiger partial charge in [-0.2, -0.15) is 0 Å². The van der Waals surface area contributed by atoms with Gasteiger partial charge in [0.1, 0.15) is 17.8 Å². The van der Waals surface area contributed by atoms with Gasteiger partial charge in [-0.05, 0) is 50.1 Å². The van der Waals surface area contributed by atoms with Crippen LogP contribution in [0.25, 0.3) is 0 Å². The zero-order valence-electron chi connectivity index (χ0n) is 20.4. The van der Waals surface area contributed by atoms with Crippen molar-refractivity contribution in [3.05, 3.63) is 62.8 Å². The Morgan fingerprint density at radius 1 is 1.19 bits per heavy atom. The van der Waals surface area contributed by atoms with Crippen molar-refractivity contribution in [3.63, 3.8) is 0 Å².